The largest absolute Gasteiger partial charge is 0.399 e. The first-order valence-corrected chi connectivity index (χ1v) is 11.3. The minimum absolute atomic E-state index is 0.228. The molecule has 0 spiro atoms. The quantitative estimate of drug-likeness (QED) is 0.168. The van der Waals surface area contributed by atoms with Crippen molar-refractivity contribution >= 4 is 5.71 Å². The summed E-state index contributed by atoms with van der Waals surface area (Å²) < 4.78 is 13.1. The second kappa shape index (κ2) is 17.7. The summed E-state index contributed by atoms with van der Waals surface area (Å²) in [6, 6.07) is 6.44. The van der Waals surface area contributed by atoms with Crippen molar-refractivity contribution in [2.24, 2.45) is 5.16 Å². The number of unbranched alkanes of at least 4 members (excludes halogenated alkanes) is 10. The van der Waals surface area contributed by atoms with Gasteiger partial charge in [-0.2, -0.15) is 0 Å². The van der Waals surface area contributed by atoms with Crippen molar-refractivity contribution < 1.29 is 9.23 Å². The summed E-state index contributed by atoms with van der Waals surface area (Å²) in [5.74, 6) is -0.228. The van der Waals surface area contributed by atoms with Gasteiger partial charge in [0.2, 0.25) is 0 Å². The summed E-state index contributed by atoms with van der Waals surface area (Å²) in [5, 5.41) is 7.61. The van der Waals surface area contributed by atoms with Crippen molar-refractivity contribution in [3.63, 3.8) is 0 Å². The molecule has 1 N–H and O–H groups in total. The maximum absolute atomic E-state index is 13.1. The Balaban J connectivity index is 1.95. The third-order valence-electron chi connectivity index (χ3n) is 5.10. The van der Waals surface area contributed by atoms with E-state index in [1.165, 1.54) is 82.8 Å². The number of hydrogen-bond donors (Lipinski definition) is 1. The number of benzene rings is 1. The zero-order valence-corrected chi connectivity index (χ0v) is 18.1. The number of hydrogen-bond acceptors (Lipinski definition) is 3. The van der Waals surface area contributed by atoms with E-state index in [4.69, 9.17) is 4.84 Å². The van der Waals surface area contributed by atoms with E-state index in [9.17, 15) is 4.39 Å². The minimum atomic E-state index is -0.228. The molecule has 0 bridgehead atoms. The fourth-order valence-corrected chi connectivity index (χ4v) is 3.42. The van der Waals surface area contributed by atoms with Crippen molar-refractivity contribution in [2.75, 3.05) is 20.2 Å². The van der Waals surface area contributed by atoms with Gasteiger partial charge in [0.1, 0.15) is 12.9 Å². The third kappa shape index (κ3) is 12.9. The Morgan fingerprint density at radius 2 is 1.36 bits per heavy atom. The smallest absolute Gasteiger partial charge is 0.123 e. The number of rotatable bonds is 18. The van der Waals surface area contributed by atoms with Crippen LogP contribution >= 0.6 is 0 Å². The van der Waals surface area contributed by atoms with Crippen molar-refractivity contribution in [3.05, 3.63) is 35.6 Å². The second-order valence-electron chi connectivity index (χ2n) is 7.62. The van der Waals surface area contributed by atoms with E-state index >= 15 is 0 Å². The van der Waals surface area contributed by atoms with Gasteiger partial charge in [-0.3, -0.25) is 0 Å². The Morgan fingerprint density at radius 1 is 0.821 bits per heavy atom. The van der Waals surface area contributed by atoms with Gasteiger partial charge in [0.25, 0.3) is 0 Å². The summed E-state index contributed by atoms with van der Waals surface area (Å²) >= 11 is 0. The molecule has 4 heteroatoms. The SMILES string of the molecule is CCCCCCCCCCCCCNCCC/C(=N/OC)c1ccc(F)cc1. The molecule has 1 aromatic carbocycles. The first kappa shape index (κ1) is 24.6. The molecule has 0 unspecified atom stereocenters. The summed E-state index contributed by atoms with van der Waals surface area (Å²) in [4.78, 5) is 4.94. The fraction of sp³-hybridized carbons (Fsp3) is 0.708. The van der Waals surface area contributed by atoms with Gasteiger partial charge in [-0.1, -0.05) is 88.4 Å². The number of halogens is 1. The van der Waals surface area contributed by atoms with Crippen LogP contribution in [0.2, 0.25) is 0 Å². The number of nitrogens with zero attached hydrogens (tertiary/aromatic N) is 1. The maximum Gasteiger partial charge on any atom is 0.123 e. The Morgan fingerprint density at radius 3 is 1.93 bits per heavy atom. The van der Waals surface area contributed by atoms with Crippen LogP contribution in [0.3, 0.4) is 0 Å². The van der Waals surface area contributed by atoms with Crippen molar-refractivity contribution in [1.82, 2.24) is 5.32 Å². The monoisotopic (exact) mass is 392 g/mol. The lowest BCUT2D eigenvalue weighted by Gasteiger charge is -2.08. The minimum Gasteiger partial charge on any atom is -0.399 e. The van der Waals surface area contributed by atoms with E-state index in [1.807, 2.05) is 0 Å². The zero-order valence-electron chi connectivity index (χ0n) is 18.1. The standard InChI is InChI=1S/C24H41FN2O/c1-3-4-5-6-7-8-9-10-11-12-13-20-26-21-14-15-24(27-28-2)22-16-18-23(25)19-17-22/h16-19,26H,3-15,20-21H2,1-2H3/b27-24-. The van der Waals surface area contributed by atoms with E-state index in [0.717, 1.165) is 37.2 Å². The van der Waals surface area contributed by atoms with Crippen LogP contribution < -0.4 is 5.32 Å². The van der Waals surface area contributed by atoms with Gasteiger partial charge in [0.15, 0.2) is 0 Å². The summed E-state index contributed by atoms with van der Waals surface area (Å²) in [7, 11) is 1.55. The highest BCUT2D eigenvalue weighted by Crippen LogP contribution is 2.11. The molecule has 3 nitrogen and oxygen atoms in total. The lowest BCUT2D eigenvalue weighted by molar-refractivity contribution is 0.212. The first-order valence-electron chi connectivity index (χ1n) is 11.3. The molecule has 0 aliphatic heterocycles. The van der Waals surface area contributed by atoms with Crippen molar-refractivity contribution in [1.29, 1.82) is 0 Å². The highest BCUT2D eigenvalue weighted by atomic mass is 19.1. The maximum atomic E-state index is 13.1. The summed E-state index contributed by atoms with van der Waals surface area (Å²) in [6.45, 7) is 4.34. The van der Waals surface area contributed by atoms with Crippen LogP contribution in [0.1, 0.15) is 96.0 Å². The van der Waals surface area contributed by atoms with Crippen LogP contribution in [0.15, 0.2) is 29.4 Å². The van der Waals surface area contributed by atoms with Crippen LogP contribution in [0.4, 0.5) is 4.39 Å². The van der Waals surface area contributed by atoms with Gasteiger partial charge in [-0.25, -0.2) is 4.39 Å². The molecule has 0 amide bonds. The molecule has 1 aromatic rings. The van der Waals surface area contributed by atoms with Gasteiger partial charge < -0.3 is 10.2 Å². The Hall–Kier alpha value is -1.42. The molecule has 0 radical (unpaired) electrons. The van der Waals surface area contributed by atoms with Crippen molar-refractivity contribution in [2.45, 2.75) is 90.4 Å². The molecular weight excluding hydrogens is 351 g/mol. The summed E-state index contributed by atoms with van der Waals surface area (Å²) in [6.07, 6.45) is 17.0. The van der Waals surface area contributed by atoms with Crippen LogP contribution in [-0.2, 0) is 4.84 Å². The summed E-state index contributed by atoms with van der Waals surface area (Å²) in [5.41, 5.74) is 1.80. The van der Waals surface area contributed by atoms with Crippen LogP contribution in [0.25, 0.3) is 0 Å². The Labute approximate surface area is 172 Å². The van der Waals surface area contributed by atoms with E-state index in [2.05, 4.69) is 17.4 Å². The fourth-order valence-electron chi connectivity index (χ4n) is 3.42. The molecule has 0 atom stereocenters. The van der Waals surface area contributed by atoms with Gasteiger partial charge in [0, 0.05) is 0 Å². The van der Waals surface area contributed by atoms with E-state index in [1.54, 1.807) is 19.2 Å². The van der Waals surface area contributed by atoms with Crippen LogP contribution in [0, 0.1) is 5.82 Å². The topological polar surface area (TPSA) is 33.6 Å². The molecule has 0 fully saturated rings. The number of nitrogens with one attached hydrogen (secondary N) is 1. The second-order valence-corrected chi connectivity index (χ2v) is 7.62. The molecule has 0 saturated carbocycles. The Bertz CT molecular complexity index is 502. The zero-order chi connectivity index (χ0) is 20.3. The van der Waals surface area contributed by atoms with Crippen LogP contribution in [0.5, 0.6) is 0 Å². The average Bonchev–Trinajstić information content (AvgIpc) is 2.71. The molecule has 28 heavy (non-hydrogen) atoms. The predicted octanol–water partition coefficient (Wildman–Crippen LogP) is 6.86. The average molecular weight is 393 g/mol. The highest BCUT2D eigenvalue weighted by Gasteiger charge is 2.05. The van der Waals surface area contributed by atoms with Gasteiger partial charge in [0.05, 0.1) is 5.71 Å². The lowest BCUT2D eigenvalue weighted by atomic mass is 10.1. The first-order chi connectivity index (χ1) is 13.8. The molecule has 0 heterocycles. The molecule has 160 valence electrons. The van der Waals surface area contributed by atoms with Crippen LogP contribution in [-0.4, -0.2) is 25.9 Å². The molecule has 1 rings (SSSR count). The molecule has 0 aliphatic rings. The van der Waals surface area contributed by atoms with E-state index < -0.39 is 0 Å². The Kier molecular flexibility index (Phi) is 15.5. The van der Waals surface area contributed by atoms with Gasteiger partial charge in [-0.15, -0.1) is 0 Å². The molecule has 0 saturated heterocycles. The third-order valence-corrected chi connectivity index (χ3v) is 5.10. The predicted molar refractivity (Wildman–Crippen MR) is 119 cm³/mol. The highest BCUT2D eigenvalue weighted by molar-refractivity contribution is 6.00. The van der Waals surface area contributed by atoms with Gasteiger partial charge in [-0.05, 0) is 50.0 Å². The van der Waals surface area contributed by atoms with E-state index in [0.29, 0.717) is 0 Å². The van der Waals surface area contributed by atoms with E-state index in [-0.39, 0.29) is 5.82 Å². The molecule has 0 aromatic heterocycles. The number of oxime groups is 1. The normalized spacial score (nSPS) is 11.8. The van der Waals surface area contributed by atoms with Crippen molar-refractivity contribution in [3.8, 4) is 0 Å². The van der Waals surface area contributed by atoms with Gasteiger partial charge >= 0.3 is 0 Å². The lowest BCUT2D eigenvalue weighted by Crippen LogP contribution is -2.17. The molecular formula is C24H41FN2O. The molecule has 0 aliphatic carbocycles.